The quantitative estimate of drug-likeness (QED) is 0.416. The van der Waals surface area contributed by atoms with E-state index >= 15 is 0 Å². The lowest BCUT2D eigenvalue weighted by Crippen LogP contribution is -2.28. The standard InChI is InChI=1S/C26H30N4O2/c1-4-32-23-12-10-20(11-13-23)17-29(16-19(2)3)18-22-14-26(31)30-25(27-22)15-24(28-30)21-8-6-5-7-9-21/h5-15,19,28H,4,16-18H2,1-3H3. The van der Waals surface area contributed by atoms with Crippen LogP contribution in [0.25, 0.3) is 16.9 Å². The van der Waals surface area contributed by atoms with E-state index < -0.39 is 0 Å². The van der Waals surface area contributed by atoms with Gasteiger partial charge in [-0.25, -0.2) is 9.50 Å². The van der Waals surface area contributed by atoms with Crippen LogP contribution in [-0.2, 0) is 13.1 Å². The number of benzene rings is 2. The van der Waals surface area contributed by atoms with Gasteiger partial charge in [0.1, 0.15) is 5.75 Å². The second-order valence-electron chi connectivity index (χ2n) is 8.46. The Bertz CT molecular complexity index is 1210. The first-order valence-corrected chi connectivity index (χ1v) is 11.1. The highest BCUT2D eigenvalue weighted by molar-refractivity contribution is 5.63. The van der Waals surface area contributed by atoms with E-state index in [-0.39, 0.29) is 5.56 Å². The Morgan fingerprint density at radius 3 is 2.47 bits per heavy atom. The zero-order valence-electron chi connectivity index (χ0n) is 18.9. The van der Waals surface area contributed by atoms with E-state index in [2.05, 4.69) is 36.0 Å². The Morgan fingerprint density at radius 2 is 1.78 bits per heavy atom. The zero-order valence-corrected chi connectivity index (χ0v) is 18.9. The largest absolute Gasteiger partial charge is 0.494 e. The van der Waals surface area contributed by atoms with E-state index in [9.17, 15) is 4.79 Å². The summed E-state index contributed by atoms with van der Waals surface area (Å²) in [6, 6.07) is 21.7. The molecule has 2 aromatic carbocycles. The molecule has 0 bridgehead atoms. The summed E-state index contributed by atoms with van der Waals surface area (Å²) in [5.41, 5.74) is 4.42. The van der Waals surface area contributed by atoms with Gasteiger partial charge in [-0.1, -0.05) is 56.3 Å². The summed E-state index contributed by atoms with van der Waals surface area (Å²) in [6.07, 6.45) is 0. The summed E-state index contributed by atoms with van der Waals surface area (Å²) in [7, 11) is 0. The Balaban J connectivity index is 1.57. The predicted octanol–water partition coefficient (Wildman–Crippen LogP) is 4.75. The molecule has 4 aromatic rings. The molecule has 2 heterocycles. The van der Waals surface area contributed by atoms with Gasteiger partial charge in [0, 0.05) is 31.8 Å². The third kappa shape index (κ3) is 5.26. The minimum absolute atomic E-state index is 0.0993. The fourth-order valence-electron chi connectivity index (χ4n) is 3.93. The molecular formula is C26H30N4O2. The topological polar surface area (TPSA) is 62.6 Å². The fraction of sp³-hybridized carbons (Fsp3) is 0.308. The predicted molar refractivity (Wildman–Crippen MR) is 128 cm³/mol. The molecule has 6 nitrogen and oxygen atoms in total. The van der Waals surface area contributed by atoms with Crippen LogP contribution in [0.1, 0.15) is 32.0 Å². The van der Waals surface area contributed by atoms with E-state index in [1.54, 1.807) is 6.07 Å². The van der Waals surface area contributed by atoms with Gasteiger partial charge in [-0.15, -0.1) is 0 Å². The van der Waals surface area contributed by atoms with Crippen molar-refractivity contribution in [3.05, 3.63) is 88.3 Å². The third-order valence-corrected chi connectivity index (χ3v) is 5.24. The second kappa shape index (κ2) is 9.83. The van der Waals surface area contributed by atoms with Crippen molar-refractivity contribution in [3.63, 3.8) is 0 Å². The molecule has 0 aliphatic carbocycles. The molecular weight excluding hydrogens is 400 g/mol. The summed E-state index contributed by atoms with van der Waals surface area (Å²) in [5, 5.41) is 3.16. The summed E-state index contributed by atoms with van der Waals surface area (Å²) >= 11 is 0. The summed E-state index contributed by atoms with van der Waals surface area (Å²) in [5.74, 6) is 1.38. The number of ether oxygens (including phenoxy) is 1. The molecule has 0 saturated heterocycles. The summed E-state index contributed by atoms with van der Waals surface area (Å²) in [4.78, 5) is 19.9. The van der Waals surface area contributed by atoms with Crippen molar-refractivity contribution in [1.82, 2.24) is 19.5 Å². The van der Waals surface area contributed by atoms with Gasteiger partial charge >= 0.3 is 0 Å². The molecule has 0 radical (unpaired) electrons. The first-order chi connectivity index (χ1) is 15.5. The van der Waals surface area contributed by atoms with Gasteiger partial charge < -0.3 is 4.74 Å². The zero-order chi connectivity index (χ0) is 22.5. The van der Waals surface area contributed by atoms with Gasteiger partial charge in [-0.3, -0.25) is 14.8 Å². The Labute approximate surface area is 188 Å². The Kier molecular flexibility index (Phi) is 6.71. The van der Waals surface area contributed by atoms with E-state index in [0.717, 1.165) is 35.8 Å². The molecule has 0 atom stereocenters. The summed E-state index contributed by atoms with van der Waals surface area (Å²) in [6.45, 7) is 9.36. The van der Waals surface area contributed by atoms with Gasteiger partial charge in [-0.2, -0.15) is 0 Å². The van der Waals surface area contributed by atoms with Crippen molar-refractivity contribution in [2.24, 2.45) is 5.92 Å². The van der Waals surface area contributed by atoms with Crippen LogP contribution in [0, 0.1) is 5.92 Å². The molecule has 4 rings (SSSR count). The normalized spacial score (nSPS) is 11.5. The number of nitrogens with one attached hydrogen (secondary N) is 1. The molecule has 6 heteroatoms. The highest BCUT2D eigenvalue weighted by atomic mass is 16.5. The SMILES string of the molecule is CCOc1ccc(CN(Cc2cc(=O)n3[nH]c(-c4ccccc4)cc3n2)CC(C)C)cc1. The number of fused-ring (bicyclic) bond motifs is 1. The first-order valence-electron chi connectivity index (χ1n) is 11.1. The van der Waals surface area contributed by atoms with Gasteiger partial charge in [0.05, 0.1) is 18.0 Å². The lowest BCUT2D eigenvalue weighted by Gasteiger charge is -2.24. The number of hydrogen-bond acceptors (Lipinski definition) is 4. The molecule has 0 aliphatic rings. The maximum atomic E-state index is 12.8. The van der Waals surface area contributed by atoms with Crippen LogP contribution >= 0.6 is 0 Å². The molecule has 0 fully saturated rings. The maximum absolute atomic E-state index is 12.8. The number of aromatic nitrogens is 3. The average molecular weight is 431 g/mol. The van der Waals surface area contributed by atoms with Gasteiger partial charge in [0.2, 0.25) is 0 Å². The molecule has 0 spiro atoms. The van der Waals surface area contributed by atoms with Gasteiger partial charge in [0.25, 0.3) is 5.56 Å². The Morgan fingerprint density at radius 1 is 1.03 bits per heavy atom. The fourth-order valence-corrected chi connectivity index (χ4v) is 3.93. The highest BCUT2D eigenvalue weighted by Gasteiger charge is 2.13. The number of nitrogens with zero attached hydrogens (tertiary/aromatic N) is 3. The average Bonchev–Trinajstić information content (AvgIpc) is 3.20. The van der Waals surface area contributed by atoms with Crippen LogP contribution in [0.5, 0.6) is 5.75 Å². The van der Waals surface area contributed by atoms with Crippen molar-refractivity contribution >= 4 is 5.65 Å². The smallest absolute Gasteiger partial charge is 0.272 e. The molecule has 1 N–H and O–H groups in total. The van der Waals surface area contributed by atoms with Crippen LogP contribution in [-0.4, -0.2) is 32.6 Å². The lowest BCUT2D eigenvalue weighted by atomic mass is 10.1. The molecule has 0 unspecified atom stereocenters. The molecule has 32 heavy (non-hydrogen) atoms. The van der Waals surface area contributed by atoms with Crippen molar-refractivity contribution in [2.75, 3.05) is 13.2 Å². The van der Waals surface area contributed by atoms with Crippen LogP contribution in [0.3, 0.4) is 0 Å². The van der Waals surface area contributed by atoms with Crippen molar-refractivity contribution in [1.29, 1.82) is 0 Å². The van der Waals surface area contributed by atoms with Crippen LogP contribution in [0.15, 0.2) is 71.5 Å². The monoisotopic (exact) mass is 430 g/mol. The van der Waals surface area contributed by atoms with Gasteiger partial charge in [-0.05, 0) is 36.1 Å². The number of rotatable bonds is 9. The van der Waals surface area contributed by atoms with Gasteiger partial charge in [0.15, 0.2) is 5.65 Å². The van der Waals surface area contributed by atoms with Crippen LogP contribution < -0.4 is 10.3 Å². The molecule has 166 valence electrons. The first kappa shape index (κ1) is 21.8. The van der Waals surface area contributed by atoms with Crippen molar-refractivity contribution < 1.29 is 4.74 Å². The third-order valence-electron chi connectivity index (χ3n) is 5.24. The maximum Gasteiger partial charge on any atom is 0.272 e. The number of H-pyrrole nitrogens is 1. The van der Waals surface area contributed by atoms with Crippen molar-refractivity contribution in [2.45, 2.75) is 33.9 Å². The van der Waals surface area contributed by atoms with E-state index in [0.29, 0.717) is 24.7 Å². The molecule has 0 aliphatic heterocycles. The van der Waals surface area contributed by atoms with Crippen molar-refractivity contribution in [3.8, 4) is 17.0 Å². The van der Waals surface area contributed by atoms with E-state index in [4.69, 9.17) is 9.72 Å². The number of aromatic amines is 1. The number of hydrogen-bond donors (Lipinski definition) is 1. The minimum atomic E-state index is -0.0993. The Hall–Kier alpha value is -3.38. The minimum Gasteiger partial charge on any atom is -0.494 e. The van der Waals surface area contributed by atoms with E-state index in [1.165, 1.54) is 10.1 Å². The highest BCUT2D eigenvalue weighted by Crippen LogP contribution is 2.19. The summed E-state index contributed by atoms with van der Waals surface area (Å²) < 4.78 is 7.06. The van der Waals surface area contributed by atoms with E-state index in [1.807, 2.05) is 55.5 Å². The molecule has 0 amide bonds. The van der Waals surface area contributed by atoms with Crippen LogP contribution in [0.2, 0.25) is 0 Å². The lowest BCUT2D eigenvalue weighted by molar-refractivity contribution is 0.225. The molecule has 2 aromatic heterocycles. The second-order valence-corrected chi connectivity index (χ2v) is 8.46. The molecule has 0 saturated carbocycles. The van der Waals surface area contributed by atoms with Crippen LogP contribution in [0.4, 0.5) is 0 Å².